The molecule has 1 aliphatic heterocycles. The highest BCUT2D eigenvalue weighted by Gasteiger charge is 2.46. The minimum Gasteiger partial charge on any atom is -0.507 e. The summed E-state index contributed by atoms with van der Waals surface area (Å²) in [6, 6.07) is 10.0. The summed E-state index contributed by atoms with van der Waals surface area (Å²) in [5.41, 5.74) is 0.636. The summed E-state index contributed by atoms with van der Waals surface area (Å²) in [6.07, 6.45) is 0. The van der Waals surface area contributed by atoms with Gasteiger partial charge in [0.2, 0.25) is 0 Å². The highest BCUT2D eigenvalue weighted by Crippen LogP contribution is 2.40. The van der Waals surface area contributed by atoms with Crippen LogP contribution in [0.4, 0.5) is 0 Å². The molecule has 0 unspecified atom stereocenters. The number of amides is 1. The standard InChI is InChI=1S/C22H26N2O4S/c1-4-23(5-2)12-13-24-19(17-7-6-14-29-17)18(21(26)22(24)27)20(25)15-8-10-16(28-3)11-9-15/h6-11,14,19,25H,4-5,12-13H2,1-3H3/p+1/b20-18+/t19-/m1/s1. The maximum atomic E-state index is 12.9. The predicted octanol–water partition coefficient (Wildman–Crippen LogP) is 2.10. The van der Waals surface area contributed by atoms with E-state index in [1.807, 2.05) is 17.5 Å². The van der Waals surface area contributed by atoms with Crippen LogP contribution in [0.2, 0.25) is 0 Å². The average Bonchev–Trinajstić information content (AvgIpc) is 3.36. The zero-order chi connectivity index (χ0) is 21.0. The number of carbonyl (C=O) groups is 2. The Morgan fingerprint density at radius 2 is 1.86 bits per heavy atom. The lowest BCUT2D eigenvalue weighted by atomic mass is 10.00. The fraction of sp³-hybridized carbons (Fsp3) is 0.364. The van der Waals surface area contributed by atoms with Crippen molar-refractivity contribution in [1.29, 1.82) is 0 Å². The first-order valence-electron chi connectivity index (χ1n) is 9.81. The van der Waals surface area contributed by atoms with E-state index in [4.69, 9.17) is 4.74 Å². The molecule has 2 aromatic rings. The summed E-state index contributed by atoms with van der Waals surface area (Å²) in [6.45, 7) is 7.33. The minimum absolute atomic E-state index is 0.150. The van der Waals surface area contributed by atoms with E-state index in [1.54, 1.807) is 36.3 Å². The van der Waals surface area contributed by atoms with Crippen LogP contribution >= 0.6 is 11.3 Å². The maximum absolute atomic E-state index is 12.9. The van der Waals surface area contributed by atoms with E-state index in [0.29, 0.717) is 17.9 Å². The van der Waals surface area contributed by atoms with Gasteiger partial charge in [-0.2, -0.15) is 0 Å². The molecule has 0 radical (unpaired) electrons. The van der Waals surface area contributed by atoms with Gasteiger partial charge < -0.3 is 19.6 Å². The molecule has 7 heteroatoms. The van der Waals surface area contributed by atoms with Gasteiger partial charge in [-0.15, -0.1) is 11.3 Å². The van der Waals surface area contributed by atoms with Crippen molar-refractivity contribution < 1.29 is 24.3 Å². The molecule has 6 nitrogen and oxygen atoms in total. The highest BCUT2D eigenvalue weighted by atomic mass is 32.1. The van der Waals surface area contributed by atoms with Crippen LogP contribution in [0.25, 0.3) is 5.76 Å². The first kappa shape index (κ1) is 21.1. The molecule has 1 fully saturated rings. The third-order valence-corrected chi connectivity index (χ3v) is 6.35. The molecule has 0 aliphatic carbocycles. The predicted molar refractivity (Wildman–Crippen MR) is 113 cm³/mol. The Balaban J connectivity index is 2.02. The fourth-order valence-electron chi connectivity index (χ4n) is 3.64. The number of aliphatic hydroxyl groups excluding tert-OH is 1. The number of carbonyl (C=O) groups excluding carboxylic acids is 2. The second kappa shape index (κ2) is 9.24. The number of hydrogen-bond acceptors (Lipinski definition) is 5. The molecule has 0 spiro atoms. The lowest BCUT2D eigenvalue weighted by Gasteiger charge is -2.25. The summed E-state index contributed by atoms with van der Waals surface area (Å²) in [5.74, 6) is -0.683. The fourth-order valence-corrected chi connectivity index (χ4v) is 4.49. The van der Waals surface area contributed by atoms with Gasteiger partial charge in [0.15, 0.2) is 0 Å². The molecule has 1 aliphatic rings. The second-order valence-corrected chi connectivity index (χ2v) is 7.92. The lowest BCUT2D eigenvalue weighted by molar-refractivity contribution is -0.895. The first-order valence-corrected chi connectivity index (χ1v) is 10.7. The Labute approximate surface area is 175 Å². The number of nitrogens with zero attached hydrogens (tertiary/aromatic N) is 1. The average molecular weight is 416 g/mol. The smallest absolute Gasteiger partial charge is 0.295 e. The summed E-state index contributed by atoms with van der Waals surface area (Å²) in [5, 5.41) is 12.9. The Kier molecular flexibility index (Phi) is 6.71. The number of ether oxygens (including phenoxy) is 1. The number of likely N-dealkylation sites (tertiary alicyclic amines) is 1. The Hall–Kier alpha value is -2.64. The van der Waals surface area contributed by atoms with Gasteiger partial charge in [0.25, 0.3) is 11.7 Å². The third kappa shape index (κ3) is 4.21. The number of likely N-dealkylation sites (N-methyl/N-ethyl adjacent to an activating group) is 1. The third-order valence-electron chi connectivity index (χ3n) is 5.42. The van der Waals surface area contributed by atoms with Crippen molar-refractivity contribution in [3.8, 4) is 5.75 Å². The number of quaternary nitrogens is 1. The summed E-state index contributed by atoms with van der Waals surface area (Å²) in [7, 11) is 1.56. The molecule has 29 heavy (non-hydrogen) atoms. The molecule has 3 rings (SSSR count). The van der Waals surface area contributed by atoms with Crippen LogP contribution < -0.4 is 9.64 Å². The molecule has 1 atom stereocenters. The van der Waals surface area contributed by atoms with E-state index in [0.717, 1.165) is 24.5 Å². The SMILES string of the molecule is CC[NH+](CC)CCN1C(=O)C(=O)/C(=C(/O)c2ccc(OC)cc2)[C@H]1c1cccs1. The summed E-state index contributed by atoms with van der Waals surface area (Å²) in [4.78, 5) is 29.6. The van der Waals surface area contributed by atoms with Gasteiger partial charge in [0.1, 0.15) is 11.5 Å². The van der Waals surface area contributed by atoms with Gasteiger partial charge >= 0.3 is 0 Å². The van der Waals surface area contributed by atoms with Crippen LogP contribution in [-0.2, 0) is 9.59 Å². The van der Waals surface area contributed by atoms with Crippen LogP contribution in [0.5, 0.6) is 5.75 Å². The van der Waals surface area contributed by atoms with Crippen molar-refractivity contribution in [2.24, 2.45) is 0 Å². The van der Waals surface area contributed by atoms with Crippen molar-refractivity contribution in [2.75, 3.05) is 33.3 Å². The quantitative estimate of drug-likeness (QED) is 0.394. The number of rotatable bonds is 8. The van der Waals surface area contributed by atoms with Crippen molar-refractivity contribution >= 4 is 28.8 Å². The number of ketones is 1. The number of aliphatic hydroxyl groups is 1. The summed E-state index contributed by atoms with van der Waals surface area (Å²) >= 11 is 1.48. The molecule has 1 aromatic heterocycles. The first-order chi connectivity index (χ1) is 14.0. The summed E-state index contributed by atoms with van der Waals surface area (Å²) < 4.78 is 5.16. The normalized spacial score (nSPS) is 18.6. The molecule has 2 N–H and O–H groups in total. The van der Waals surface area contributed by atoms with Crippen LogP contribution in [-0.4, -0.2) is 55.0 Å². The van der Waals surface area contributed by atoms with E-state index in [9.17, 15) is 14.7 Å². The van der Waals surface area contributed by atoms with Crippen molar-refractivity contribution in [2.45, 2.75) is 19.9 Å². The molecule has 0 saturated carbocycles. The number of nitrogens with one attached hydrogen (secondary N) is 1. The molecule has 1 amide bonds. The van der Waals surface area contributed by atoms with Crippen molar-refractivity contribution in [1.82, 2.24) is 4.90 Å². The van der Waals surface area contributed by atoms with Gasteiger partial charge in [0, 0.05) is 10.4 Å². The van der Waals surface area contributed by atoms with Crippen LogP contribution in [0.3, 0.4) is 0 Å². The van der Waals surface area contributed by atoms with Gasteiger partial charge in [-0.1, -0.05) is 6.07 Å². The maximum Gasteiger partial charge on any atom is 0.295 e. The minimum atomic E-state index is -0.633. The topological polar surface area (TPSA) is 71.3 Å². The van der Waals surface area contributed by atoms with E-state index < -0.39 is 17.7 Å². The van der Waals surface area contributed by atoms with Crippen LogP contribution in [0, 0.1) is 0 Å². The molecule has 2 heterocycles. The van der Waals surface area contributed by atoms with Crippen LogP contribution in [0.15, 0.2) is 47.4 Å². The zero-order valence-electron chi connectivity index (χ0n) is 17.0. The van der Waals surface area contributed by atoms with Gasteiger partial charge in [-0.05, 0) is 49.6 Å². The van der Waals surface area contributed by atoms with Crippen molar-refractivity contribution in [3.63, 3.8) is 0 Å². The van der Waals surface area contributed by atoms with Crippen LogP contribution in [0.1, 0.15) is 30.3 Å². The van der Waals surface area contributed by atoms with Gasteiger partial charge in [0.05, 0.1) is 44.9 Å². The Morgan fingerprint density at radius 3 is 2.41 bits per heavy atom. The number of Topliss-reactive ketones (excluding diaryl/α,β-unsaturated/α-hetero) is 1. The van der Waals surface area contributed by atoms with E-state index in [1.165, 1.54) is 16.2 Å². The number of benzene rings is 1. The number of thiophene rings is 1. The molecular weight excluding hydrogens is 388 g/mol. The van der Waals surface area contributed by atoms with E-state index in [2.05, 4.69) is 13.8 Å². The molecule has 154 valence electrons. The largest absolute Gasteiger partial charge is 0.507 e. The molecule has 1 aromatic carbocycles. The number of methoxy groups -OCH3 is 1. The molecular formula is C22H27N2O4S+. The van der Waals surface area contributed by atoms with Crippen molar-refractivity contribution in [3.05, 3.63) is 57.8 Å². The van der Waals surface area contributed by atoms with E-state index >= 15 is 0 Å². The van der Waals surface area contributed by atoms with Gasteiger partial charge in [-0.3, -0.25) is 9.59 Å². The number of hydrogen-bond donors (Lipinski definition) is 2. The highest BCUT2D eigenvalue weighted by molar-refractivity contribution is 7.10. The lowest BCUT2D eigenvalue weighted by Crippen LogP contribution is -3.12. The zero-order valence-corrected chi connectivity index (χ0v) is 17.8. The Bertz CT molecular complexity index is 886. The Morgan fingerprint density at radius 1 is 1.17 bits per heavy atom. The monoisotopic (exact) mass is 415 g/mol. The van der Waals surface area contributed by atoms with Gasteiger partial charge in [-0.25, -0.2) is 0 Å². The molecule has 1 saturated heterocycles. The van der Waals surface area contributed by atoms with E-state index in [-0.39, 0.29) is 11.3 Å². The molecule has 0 bridgehead atoms. The second-order valence-electron chi connectivity index (χ2n) is 6.94.